The summed E-state index contributed by atoms with van der Waals surface area (Å²) in [7, 11) is 0. The van der Waals surface area contributed by atoms with E-state index in [4.69, 9.17) is 10.5 Å². The average molecular weight is 319 g/mol. The summed E-state index contributed by atoms with van der Waals surface area (Å²) in [6, 6.07) is 6.34. The van der Waals surface area contributed by atoms with Crippen molar-refractivity contribution >= 4 is 17.5 Å². The quantitative estimate of drug-likeness (QED) is 0.767. The Kier molecular flexibility index (Phi) is 6.12. The molecule has 6 heteroatoms. The lowest BCUT2D eigenvalue weighted by Gasteiger charge is -2.26. The lowest BCUT2D eigenvalue weighted by atomic mass is 9.92. The molecule has 0 bridgehead atoms. The highest BCUT2D eigenvalue weighted by Crippen LogP contribution is 2.19. The minimum atomic E-state index is -0.539. The van der Waals surface area contributed by atoms with Crippen molar-refractivity contribution in [2.75, 3.05) is 18.5 Å². The van der Waals surface area contributed by atoms with E-state index >= 15 is 0 Å². The Morgan fingerprint density at radius 2 is 1.78 bits per heavy atom. The van der Waals surface area contributed by atoms with Gasteiger partial charge in [-0.3, -0.25) is 9.59 Å². The maximum absolute atomic E-state index is 12.2. The van der Waals surface area contributed by atoms with Crippen LogP contribution in [0.3, 0.4) is 0 Å². The number of rotatable bonds is 5. The Morgan fingerprint density at radius 1 is 1.17 bits per heavy atom. The average Bonchev–Trinajstić information content (AvgIpc) is 2.55. The van der Waals surface area contributed by atoms with Gasteiger partial charge in [0.1, 0.15) is 0 Å². The molecule has 0 aliphatic carbocycles. The standard InChI is InChI=1S/C17H25N3O3/c1-11(2)19-16(21)13-3-5-14(6-4-13)20-17(22)15(18)12-7-9-23-10-8-12/h3-6,11-12,15H,7-10,18H2,1-2H3,(H,19,21)(H,20,22). The number of hydrogen-bond donors (Lipinski definition) is 3. The molecule has 0 spiro atoms. The highest BCUT2D eigenvalue weighted by atomic mass is 16.5. The molecule has 1 aliphatic rings. The maximum Gasteiger partial charge on any atom is 0.251 e. The van der Waals surface area contributed by atoms with Crippen molar-refractivity contribution in [3.8, 4) is 0 Å². The summed E-state index contributed by atoms with van der Waals surface area (Å²) in [4.78, 5) is 24.1. The van der Waals surface area contributed by atoms with E-state index in [1.807, 2.05) is 13.8 Å². The zero-order chi connectivity index (χ0) is 16.8. The predicted molar refractivity (Wildman–Crippen MR) is 89.2 cm³/mol. The van der Waals surface area contributed by atoms with E-state index in [1.165, 1.54) is 0 Å². The second-order valence-corrected chi connectivity index (χ2v) is 6.17. The highest BCUT2D eigenvalue weighted by Gasteiger charge is 2.26. The van der Waals surface area contributed by atoms with E-state index in [9.17, 15) is 9.59 Å². The van der Waals surface area contributed by atoms with Gasteiger partial charge in [-0.05, 0) is 56.9 Å². The molecule has 2 amide bonds. The molecular weight excluding hydrogens is 294 g/mol. The smallest absolute Gasteiger partial charge is 0.251 e. The lowest BCUT2D eigenvalue weighted by Crippen LogP contribution is -2.44. The Bertz CT molecular complexity index is 537. The zero-order valence-corrected chi connectivity index (χ0v) is 13.7. The molecule has 1 saturated heterocycles. The molecule has 1 fully saturated rings. The number of ether oxygens (including phenoxy) is 1. The monoisotopic (exact) mass is 319 g/mol. The summed E-state index contributed by atoms with van der Waals surface area (Å²) < 4.78 is 5.29. The molecule has 4 N–H and O–H groups in total. The molecule has 23 heavy (non-hydrogen) atoms. The zero-order valence-electron chi connectivity index (χ0n) is 13.7. The Hall–Kier alpha value is -1.92. The van der Waals surface area contributed by atoms with Crippen LogP contribution < -0.4 is 16.4 Å². The van der Waals surface area contributed by atoms with Gasteiger partial charge in [-0.25, -0.2) is 0 Å². The first-order chi connectivity index (χ1) is 11.0. The summed E-state index contributed by atoms with van der Waals surface area (Å²) in [5.74, 6) is -0.173. The van der Waals surface area contributed by atoms with E-state index in [-0.39, 0.29) is 23.8 Å². The molecule has 126 valence electrons. The van der Waals surface area contributed by atoms with Gasteiger partial charge in [0.15, 0.2) is 0 Å². The molecule has 1 heterocycles. The van der Waals surface area contributed by atoms with Gasteiger partial charge in [0, 0.05) is 30.5 Å². The Labute approximate surface area is 136 Å². The van der Waals surface area contributed by atoms with Crippen molar-refractivity contribution in [1.29, 1.82) is 0 Å². The topological polar surface area (TPSA) is 93.5 Å². The summed E-state index contributed by atoms with van der Waals surface area (Å²) in [5.41, 5.74) is 7.24. The molecular formula is C17H25N3O3. The third-order valence-corrected chi connectivity index (χ3v) is 3.91. The second kappa shape index (κ2) is 8.08. The minimum absolute atomic E-state index is 0.0827. The van der Waals surface area contributed by atoms with Crippen LogP contribution in [0.2, 0.25) is 0 Å². The van der Waals surface area contributed by atoms with Gasteiger partial charge in [0.2, 0.25) is 5.91 Å². The van der Waals surface area contributed by atoms with E-state index in [0.29, 0.717) is 24.5 Å². The third-order valence-electron chi connectivity index (χ3n) is 3.91. The van der Waals surface area contributed by atoms with Crippen LogP contribution in [0.4, 0.5) is 5.69 Å². The minimum Gasteiger partial charge on any atom is -0.381 e. The van der Waals surface area contributed by atoms with Gasteiger partial charge in [0.25, 0.3) is 5.91 Å². The van der Waals surface area contributed by atoms with Crippen molar-refractivity contribution in [3.05, 3.63) is 29.8 Å². The van der Waals surface area contributed by atoms with Crippen molar-refractivity contribution in [2.24, 2.45) is 11.7 Å². The van der Waals surface area contributed by atoms with Gasteiger partial charge in [-0.15, -0.1) is 0 Å². The van der Waals surface area contributed by atoms with E-state index in [1.54, 1.807) is 24.3 Å². The number of carbonyl (C=O) groups is 2. The molecule has 6 nitrogen and oxygen atoms in total. The Balaban J connectivity index is 1.92. The molecule has 0 aromatic heterocycles. The van der Waals surface area contributed by atoms with Gasteiger partial charge in [-0.1, -0.05) is 0 Å². The number of anilines is 1. The SMILES string of the molecule is CC(C)NC(=O)c1ccc(NC(=O)C(N)C2CCOCC2)cc1. The van der Waals surface area contributed by atoms with Gasteiger partial charge in [-0.2, -0.15) is 0 Å². The van der Waals surface area contributed by atoms with Crippen molar-refractivity contribution in [3.63, 3.8) is 0 Å². The molecule has 2 rings (SSSR count). The summed E-state index contributed by atoms with van der Waals surface area (Å²) in [6.45, 7) is 5.13. The molecule has 1 aliphatic heterocycles. The van der Waals surface area contributed by atoms with Gasteiger partial charge < -0.3 is 21.1 Å². The molecule has 1 atom stereocenters. The van der Waals surface area contributed by atoms with Crippen LogP contribution in [0.25, 0.3) is 0 Å². The number of hydrogen-bond acceptors (Lipinski definition) is 4. The maximum atomic E-state index is 12.2. The molecule has 1 aromatic rings. The largest absolute Gasteiger partial charge is 0.381 e. The van der Waals surface area contributed by atoms with E-state index in [0.717, 1.165) is 12.8 Å². The molecule has 0 radical (unpaired) electrons. The van der Waals surface area contributed by atoms with Crippen LogP contribution in [0.5, 0.6) is 0 Å². The van der Waals surface area contributed by atoms with Crippen LogP contribution in [0.15, 0.2) is 24.3 Å². The van der Waals surface area contributed by atoms with Gasteiger partial charge in [0.05, 0.1) is 6.04 Å². The van der Waals surface area contributed by atoms with Gasteiger partial charge >= 0.3 is 0 Å². The first-order valence-corrected chi connectivity index (χ1v) is 8.02. The van der Waals surface area contributed by atoms with Crippen LogP contribution >= 0.6 is 0 Å². The van der Waals surface area contributed by atoms with E-state index < -0.39 is 6.04 Å². The fraction of sp³-hybridized carbons (Fsp3) is 0.529. The van der Waals surface area contributed by atoms with Crippen LogP contribution in [0.1, 0.15) is 37.0 Å². The first kappa shape index (κ1) is 17.4. The second-order valence-electron chi connectivity index (χ2n) is 6.17. The summed E-state index contributed by atoms with van der Waals surface area (Å²) in [6.07, 6.45) is 1.62. The normalized spacial score (nSPS) is 16.9. The fourth-order valence-corrected chi connectivity index (χ4v) is 2.57. The van der Waals surface area contributed by atoms with Crippen LogP contribution in [-0.4, -0.2) is 37.1 Å². The van der Waals surface area contributed by atoms with Crippen molar-refractivity contribution in [2.45, 2.75) is 38.8 Å². The van der Waals surface area contributed by atoms with Crippen molar-refractivity contribution < 1.29 is 14.3 Å². The molecule has 1 aromatic carbocycles. The highest BCUT2D eigenvalue weighted by molar-refractivity contribution is 5.97. The summed E-state index contributed by atoms with van der Waals surface area (Å²) in [5, 5.41) is 5.63. The predicted octanol–water partition coefficient (Wildman–Crippen LogP) is 1.52. The molecule has 0 saturated carbocycles. The lowest BCUT2D eigenvalue weighted by molar-refractivity contribution is -0.119. The Morgan fingerprint density at radius 3 is 2.35 bits per heavy atom. The number of carbonyl (C=O) groups excluding carboxylic acids is 2. The molecule has 1 unspecified atom stereocenters. The fourth-order valence-electron chi connectivity index (χ4n) is 2.57. The number of nitrogens with one attached hydrogen (secondary N) is 2. The third kappa shape index (κ3) is 5.04. The first-order valence-electron chi connectivity index (χ1n) is 8.02. The van der Waals surface area contributed by atoms with Crippen molar-refractivity contribution in [1.82, 2.24) is 5.32 Å². The van der Waals surface area contributed by atoms with Crippen LogP contribution in [0, 0.1) is 5.92 Å². The number of benzene rings is 1. The number of amides is 2. The summed E-state index contributed by atoms with van der Waals surface area (Å²) >= 11 is 0. The number of nitrogens with two attached hydrogens (primary N) is 1. The van der Waals surface area contributed by atoms with E-state index in [2.05, 4.69) is 10.6 Å². The van der Waals surface area contributed by atoms with Crippen LogP contribution in [-0.2, 0) is 9.53 Å².